The highest BCUT2D eigenvalue weighted by Crippen LogP contribution is 2.59. The minimum absolute atomic E-state index is 0. The minimum atomic E-state index is -0.583. The van der Waals surface area contributed by atoms with E-state index in [0.717, 1.165) is 109 Å². The van der Waals surface area contributed by atoms with E-state index < -0.39 is 22.0 Å². The van der Waals surface area contributed by atoms with Gasteiger partial charge >= 0.3 is 12.2 Å². The van der Waals surface area contributed by atoms with Crippen molar-refractivity contribution in [2.75, 3.05) is 52.4 Å². The van der Waals surface area contributed by atoms with Gasteiger partial charge in [0.1, 0.15) is 64.0 Å². The Hall–Kier alpha value is -11.2. The van der Waals surface area contributed by atoms with Crippen LogP contribution >= 0.6 is 12.4 Å². The van der Waals surface area contributed by atoms with Crippen LogP contribution in [0.2, 0.25) is 0 Å². The molecule has 22 heteroatoms. The molecule has 4 saturated heterocycles. The number of rotatable bonds is 8. The molecule has 0 radical (unpaired) electrons. The standard InChI is InChI=1S/C27H27F2NO3.C25H21F2NO2.C22H19F2NO.C13H21NO3.C7H5FO.ClH/c1-26(2,3)33-25(32)30-14-12-27(13-15-30)22(16-18-4-8-20(28)9-5-18)24(31)23(27)17-19-6-10-21(29)11-7-19;1-2-23(29)28-13-11-25(12-14-28)21(15-17-3-7-19(26)8-4-17)24(30)22(25)16-18-5-9-20(27)10-6-18;23-17-5-1-15(2-6-17)13-19-21(26)20(22(19)9-11-25-12-10-22)14-16-3-7-18(24)8-4-16;1-12(2,3)17-11(16)14-6-4-13(5-7-14)8-10(15)9-13;8-7-3-1-6(5-9)2-4-7;/h4-11,16-17H,12-15H2,1-3H3;2-10,15-16H,1,11-14H2;1-8,13-14,25H,9-12H2;4-9H2,1-3H3;1-5H;1H/b22-16-,23-17-;21-15-,22-16-;19-13-,20-14-;;;. The number of likely N-dealkylation sites (tertiary alicyclic amines) is 3. The number of Topliss-reactive ketones (excluding diaryl/α,β-unsaturated/α-hetero) is 4. The van der Waals surface area contributed by atoms with E-state index in [9.17, 15) is 69.1 Å². The second-order valence-electron chi connectivity index (χ2n) is 32.2. The number of ether oxygens (including phenoxy) is 2. The molecule has 7 aromatic carbocycles. The Morgan fingerprint density at radius 1 is 0.362 bits per heavy atom. The molecule has 3 amide bonds. The average molecular weight is 1610 g/mol. The smallest absolute Gasteiger partial charge is 0.410 e. The number of halogens is 8. The second kappa shape index (κ2) is 37.2. The topological polar surface area (TPSA) is 177 Å². The van der Waals surface area contributed by atoms with E-state index in [4.69, 9.17) is 9.47 Å². The monoisotopic (exact) mass is 1610 g/mol. The van der Waals surface area contributed by atoms with Crippen LogP contribution in [-0.4, -0.2) is 126 Å². The highest BCUT2D eigenvalue weighted by Gasteiger charge is 2.57. The van der Waals surface area contributed by atoms with Crippen molar-refractivity contribution in [3.05, 3.63) is 296 Å². The summed E-state index contributed by atoms with van der Waals surface area (Å²) in [5, 5.41) is 3.34. The van der Waals surface area contributed by atoms with E-state index in [0.29, 0.717) is 91.8 Å². The van der Waals surface area contributed by atoms with E-state index in [1.165, 1.54) is 103 Å². The number of carbonyl (C=O) groups excluding carboxylic acids is 8. The molecular formula is C94H94ClF7N4O10. The third kappa shape index (κ3) is 21.1. The van der Waals surface area contributed by atoms with Crippen molar-refractivity contribution in [2.24, 2.45) is 21.7 Å². The summed E-state index contributed by atoms with van der Waals surface area (Å²) in [4.78, 5) is 102. The summed E-state index contributed by atoms with van der Waals surface area (Å²) in [6.07, 6.45) is 19.8. The van der Waals surface area contributed by atoms with Crippen molar-refractivity contribution in [1.29, 1.82) is 0 Å². The van der Waals surface area contributed by atoms with E-state index in [1.807, 2.05) is 78.0 Å². The van der Waals surface area contributed by atoms with E-state index in [1.54, 1.807) is 87.5 Å². The molecule has 4 aliphatic carbocycles. The third-order valence-corrected chi connectivity index (χ3v) is 22.1. The first-order valence-corrected chi connectivity index (χ1v) is 38.5. The van der Waals surface area contributed by atoms with Gasteiger partial charge in [-0.2, -0.15) is 0 Å². The van der Waals surface area contributed by atoms with Crippen LogP contribution in [0.25, 0.3) is 36.5 Å². The first kappa shape index (κ1) is 87.2. The first-order valence-electron chi connectivity index (χ1n) is 38.5. The van der Waals surface area contributed by atoms with E-state index >= 15 is 0 Å². The maximum atomic E-state index is 13.3. The molecule has 4 spiro atoms. The molecule has 4 saturated carbocycles. The lowest BCUT2D eigenvalue weighted by atomic mass is 9.54. The highest BCUT2D eigenvalue weighted by atomic mass is 35.5. The van der Waals surface area contributed by atoms with E-state index in [-0.39, 0.29) is 99.4 Å². The lowest BCUT2D eigenvalue weighted by molar-refractivity contribution is -0.135. The Kier molecular flexibility index (Phi) is 28.0. The predicted molar refractivity (Wildman–Crippen MR) is 436 cm³/mol. The molecule has 0 aromatic heterocycles. The fraction of sp³-hybridized carbons (Fsp3) is 0.319. The lowest BCUT2D eigenvalue weighted by Gasteiger charge is -2.50. The summed E-state index contributed by atoms with van der Waals surface area (Å²) in [5.74, 6) is -2.10. The number of allylic oxidation sites excluding steroid dienone is 6. The lowest BCUT2D eigenvalue weighted by Crippen LogP contribution is -2.53. The minimum Gasteiger partial charge on any atom is -0.444 e. The van der Waals surface area contributed by atoms with Crippen molar-refractivity contribution in [3.63, 3.8) is 0 Å². The van der Waals surface area contributed by atoms with Gasteiger partial charge in [0, 0.05) is 107 Å². The summed E-state index contributed by atoms with van der Waals surface area (Å²) < 4.78 is 102. The van der Waals surface area contributed by atoms with Crippen LogP contribution in [0.1, 0.15) is 149 Å². The number of ketones is 4. The molecular weight excluding hydrogens is 1510 g/mol. The van der Waals surface area contributed by atoms with Gasteiger partial charge in [0.15, 0.2) is 17.3 Å². The number of amides is 3. The van der Waals surface area contributed by atoms with Crippen LogP contribution in [0.5, 0.6) is 0 Å². The van der Waals surface area contributed by atoms with Crippen LogP contribution in [0, 0.1) is 62.4 Å². The maximum absolute atomic E-state index is 13.3. The van der Waals surface area contributed by atoms with Gasteiger partial charge in [-0.1, -0.05) is 79.4 Å². The van der Waals surface area contributed by atoms with Crippen molar-refractivity contribution in [2.45, 2.75) is 117 Å². The number of nitrogens with one attached hydrogen (secondary N) is 1. The number of aldehydes is 1. The third-order valence-electron chi connectivity index (χ3n) is 22.1. The van der Waals surface area contributed by atoms with Crippen LogP contribution in [0.3, 0.4) is 0 Å². The molecule has 606 valence electrons. The Morgan fingerprint density at radius 2 is 0.586 bits per heavy atom. The van der Waals surface area contributed by atoms with Gasteiger partial charge in [-0.15, -0.1) is 12.4 Å². The Bertz CT molecular complexity index is 4760. The fourth-order valence-electron chi connectivity index (χ4n) is 15.8. The maximum Gasteiger partial charge on any atom is 0.410 e. The van der Waals surface area contributed by atoms with Crippen LogP contribution in [-0.2, 0) is 33.4 Å². The molecule has 7 aromatic rings. The number of hydrogen-bond acceptors (Lipinski definition) is 11. The normalized spacial score (nSPS) is 20.1. The second-order valence-corrected chi connectivity index (χ2v) is 32.2. The van der Waals surface area contributed by atoms with Gasteiger partial charge in [0.05, 0.1) is 0 Å². The quantitative estimate of drug-likeness (QED) is 0.0870. The molecule has 1 N–H and O–H groups in total. The first-order chi connectivity index (χ1) is 54.7. The highest BCUT2D eigenvalue weighted by molar-refractivity contribution is 6.25. The Labute approximate surface area is 678 Å². The van der Waals surface area contributed by atoms with E-state index in [2.05, 4.69) is 11.9 Å². The molecule has 8 fully saturated rings. The van der Waals surface area contributed by atoms with Gasteiger partial charge in [-0.25, -0.2) is 40.3 Å². The fourth-order valence-corrected chi connectivity index (χ4v) is 15.8. The molecule has 8 aliphatic rings. The van der Waals surface area contributed by atoms with Gasteiger partial charge in [-0.05, 0) is 284 Å². The van der Waals surface area contributed by atoms with Crippen LogP contribution in [0.4, 0.5) is 40.3 Å². The summed E-state index contributed by atoms with van der Waals surface area (Å²) in [7, 11) is 0. The Balaban J connectivity index is 0.000000160. The van der Waals surface area contributed by atoms with Gasteiger partial charge in [0.2, 0.25) is 5.91 Å². The molecule has 14 nitrogen and oxygen atoms in total. The average Bonchev–Trinajstić information content (AvgIpc) is 0.723. The summed E-state index contributed by atoms with van der Waals surface area (Å²) >= 11 is 0. The number of nitrogens with zero attached hydrogens (tertiary/aromatic N) is 3. The molecule has 4 aliphatic heterocycles. The van der Waals surface area contributed by atoms with Crippen molar-refractivity contribution < 1.29 is 78.6 Å². The number of piperidine rings is 4. The molecule has 116 heavy (non-hydrogen) atoms. The predicted octanol–water partition coefficient (Wildman–Crippen LogP) is 19.7. The van der Waals surface area contributed by atoms with Gasteiger partial charge in [0.25, 0.3) is 0 Å². The van der Waals surface area contributed by atoms with Crippen LogP contribution in [0.15, 0.2) is 216 Å². The zero-order valence-electron chi connectivity index (χ0n) is 65.7. The van der Waals surface area contributed by atoms with Gasteiger partial charge in [-0.3, -0.25) is 28.8 Å². The van der Waals surface area contributed by atoms with Crippen molar-refractivity contribution >= 4 is 96.4 Å². The van der Waals surface area contributed by atoms with Crippen LogP contribution < -0.4 is 5.32 Å². The summed E-state index contributed by atoms with van der Waals surface area (Å²) in [6, 6.07) is 41.8. The largest absolute Gasteiger partial charge is 0.444 e. The van der Waals surface area contributed by atoms with Crippen molar-refractivity contribution in [1.82, 2.24) is 20.0 Å². The number of benzene rings is 7. The van der Waals surface area contributed by atoms with Crippen molar-refractivity contribution in [3.8, 4) is 0 Å². The van der Waals surface area contributed by atoms with Gasteiger partial charge < -0.3 is 29.5 Å². The Morgan fingerprint density at radius 3 is 0.810 bits per heavy atom. The molecule has 0 unspecified atom stereocenters. The molecule has 0 bridgehead atoms. The zero-order valence-corrected chi connectivity index (χ0v) is 66.5. The number of carbonyl (C=O) groups is 8. The molecule has 15 rings (SSSR count). The molecule has 0 atom stereocenters. The molecule has 4 heterocycles. The summed E-state index contributed by atoms with van der Waals surface area (Å²) in [5.41, 5.74) is 7.34. The zero-order chi connectivity index (χ0) is 82.6. The SMILES string of the molecule is C=CC(=O)N1CCC2(CC1)/C(=C\c1ccc(F)cc1)C(=O)/C2=C/c1ccc(F)cc1.CC(C)(C)OC(=O)N1CCC2(CC1)/C(=C\c1ccc(F)cc1)C(=O)/C2=C/c1ccc(F)cc1.CC(C)(C)OC(=O)N1CCC2(CC1)CC(=O)C2.Cl.O=C1/C(=C/c2ccc(F)cc2)C2(CCNCC2)/C1=C\c1ccc(F)cc1.O=Cc1ccc(F)cc1. The summed E-state index contributed by atoms with van der Waals surface area (Å²) in [6.45, 7) is 19.7. The number of hydrogen-bond donors (Lipinski definition) is 1.